The van der Waals surface area contributed by atoms with Crippen LogP contribution in [0.2, 0.25) is 0 Å². The van der Waals surface area contributed by atoms with Crippen molar-refractivity contribution in [3.05, 3.63) is 33.8 Å². The van der Waals surface area contributed by atoms with E-state index in [9.17, 15) is 5.11 Å². The molecule has 2 nitrogen and oxygen atoms in total. The number of aryl methyl sites for hydroxylation is 1. The first-order valence-electron chi connectivity index (χ1n) is 6.63. The number of aliphatic hydroxyl groups excluding tert-OH is 1. The van der Waals surface area contributed by atoms with Gasteiger partial charge in [0.25, 0.3) is 0 Å². The van der Waals surface area contributed by atoms with E-state index in [1.54, 1.807) is 0 Å². The molecule has 0 spiro atoms. The Morgan fingerprint density at radius 3 is 2.44 bits per heavy atom. The molecule has 0 aliphatic rings. The molecular weight excluding hydrogens is 290 g/mol. The van der Waals surface area contributed by atoms with E-state index in [0.29, 0.717) is 0 Å². The lowest BCUT2D eigenvalue weighted by Gasteiger charge is -2.29. The zero-order valence-electron chi connectivity index (χ0n) is 11.6. The number of hydrogen-bond donors (Lipinski definition) is 2. The van der Waals surface area contributed by atoms with Crippen LogP contribution in [-0.4, -0.2) is 18.3 Å². The molecule has 0 saturated heterocycles. The fraction of sp³-hybridized carbons (Fsp3) is 0.600. The largest absolute Gasteiger partial charge is 0.396 e. The summed E-state index contributed by atoms with van der Waals surface area (Å²) < 4.78 is 1.15. The predicted octanol–water partition coefficient (Wildman–Crippen LogP) is 3.65. The van der Waals surface area contributed by atoms with Crippen LogP contribution < -0.4 is 5.32 Å². The Bertz CT molecular complexity index is 366. The monoisotopic (exact) mass is 313 g/mol. The van der Waals surface area contributed by atoms with Crippen molar-refractivity contribution in [3.8, 4) is 0 Å². The smallest absolute Gasteiger partial charge is 0.0499 e. The van der Waals surface area contributed by atoms with Gasteiger partial charge in [-0.3, -0.25) is 0 Å². The highest BCUT2D eigenvalue weighted by atomic mass is 79.9. The maximum atomic E-state index is 9.51. The molecule has 0 amide bonds. The van der Waals surface area contributed by atoms with E-state index in [4.69, 9.17) is 0 Å². The highest BCUT2D eigenvalue weighted by Crippen LogP contribution is 2.24. The Labute approximate surface area is 119 Å². The highest BCUT2D eigenvalue weighted by molar-refractivity contribution is 9.10. The van der Waals surface area contributed by atoms with Gasteiger partial charge in [-0.05, 0) is 37.0 Å². The summed E-state index contributed by atoms with van der Waals surface area (Å²) >= 11 is 3.51. The summed E-state index contributed by atoms with van der Waals surface area (Å²) in [6, 6.07) is 6.41. The lowest BCUT2D eigenvalue weighted by Crippen LogP contribution is -2.36. The Balaban J connectivity index is 2.52. The first kappa shape index (κ1) is 15.7. The minimum atomic E-state index is 0.0322. The maximum Gasteiger partial charge on any atom is 0.0499 e. The van der Waals surface area contributed by atoms with Gasteiger partial charge in [0.15, 0.2) is 0 Å². The van der Waals surface area contributed by atoms with Crippen LogP contribution >= 0.6 is 15.9 Å². The first-order valence-corrected chi connectivity index (χ1v) is 7.43. The average Bonchev–Trinajstić information content (AvgIpc) is 2.39. The second kappa shape index (κ2) is 7.27. The lowest BCUT2D eigenvalue weighted by molar-refractivity contribution is 0.113. The lowest BCUT2D eigenvalue weighted by atomic mass is 9.83. The van der Waals surface area contributed by atoms with Crippen molar-refractivity contribution >= 4 is 15.9 Å². The average molecular weight is 314 g/mol. The van der Waals surface area contributed by atoms with E-state index < -0.39 is 0 Å². The number of halogens is 1. The molecular formula is C15H24BrNO. The third kappa shape index (κ3) is 4.08. The van der Waals surface area contributed by atoms with E-state index in [0.717, 1.165) is 30.4 Å². The van der Waals surface area contributed by atoms with Gasteiger partial charge in [0.05, 0.1) is 0 Å². The van der Waals surface area contributed by atoms with Crippen LogP contribution in [0.5, 0.6) is 0 Å². The van der Waals surface area contributed by atoms with Crippen LogP contribution in [-0.2, 0) is 6.54 Å². The molecule has 0 bridgehead atoms. The van der Waals surface area contributed by atoms with Crippen LogP contribution in [0.25, 0.3) is 0 Å². The molecule has 0 aliphatic carbocycles. The summed E-state index contributed by atoms with van der Waals surface area (Å²) in [4.78, 5) is 0. The summed E-state index contributed by atoms with van der Waals surface area (Å²) in [6.07, 6.45) is 2.01. The zero-order valence-corrected chi connectivity index (χ0v) is 13.2. The fourth-order valence-electron chi connectivity index (χ4n) is 2.07. The van der Waals surface area contributed by atoms with Crippen molar-refractivity contribution in [2.45, 2.75) is 40.2 Å². The Hall–Kier alpha value is -0.380. The summed E-state index contributed by atoms with van der Waals surface area (Å²) in [5, 5.41) is 13.0. The van der Waals surface area contributed by atoms with Gasteiger partial charge in [0.2, 0.25) is 0 Å². The molecule has 1 aromatic carbocycles. The predicted molar refractivity (Wildman–Crippen MR) is 80.7 cm³/mol. The number of benzene rings is 1. The van der Waals surface area contributed by atoms with Crippen LogP contribution in [0, 0.1) is 12.3 Å². The summed E-state index contributed by atoms with van der Waals surface area (Å²) in [5.74, 6) is 0. The molecule has 102 valence electrons. The quantitative estimate of drug-likeness (QED) is 0.805. The molecule has 0 aromatic heterocycles. The minimum Gasteiger partial charge on any atom is -0.396 e. The van der Waals surface area contributed by atoms with Crippen LogP contribution in [0.15, 0.2) is 22.7 Å². The van der Waals surface area contributed by atoms with E-state index in [2.05, 4.69) is 60.2 Å². The van der Waals surface area contributed by atoms with Gasteiger partial charge in [-0.15, -0.1) is 0 Å². The Morgan fingerprint density at radius 2 is 1.94 bits per heavy atom. The summed E-state index contributed by atoms with van der Waals surface area (Å²) in [5.41, 5.74) is 2.58. The van der Waals surface area contributed by atoms with Crippen molar-refractivity contribution in [1.82, 2.24) is 5.32 Å². The highest BCUT2D eigenvalue weighted by Gasteiger charge is 2.24. The van der Waals surface area contributed by atoms with Gasteiger partial charge in [-0.1, -0.05) is 41.9 Å². The van der Waals surface area contributed by atoms with Gasteiger partial charge in [0, 0.05) is 29.6 Å². The van der Waals surface area contributed by atoms with Crippen LogP contribution in [0.3, 0.4) is 0 Å². The molecule has 1 rings (SSSR count). The normalized spacial score (nSPS) is 11.8. The maximum absolute atomic E-state index is 9.51. The summed E-state index contributed by atoms with van der Waals surface area (Å²) in [6.45, 7) is 8.37. The van der Waals surface area contributed by atoms with Crippen molar-refractivity contribution in [3.63, 3.8) is 0 Å². The topological polar surface area (TPSA) is 32.3 Å². The van der Waals surface area contributed by atoms with Crippen LogP contribution in [0.4, 0.5) is 0 Å². The SMILES string of the molecule is CCC(CC)(CO)CNCc1ccc(Br)c(C)c1. The molecule has 0 saturated carbocycles. The third-order valence-electron chi connectivity index (χ3n) is 3.89. The van der Waals surface area contributed by atoms with Gasteiger partial charge < -0.3 is 10.4 Å². The first-order chi connectivity index (χ1) is 8.56. The Kier molecular flexibility index (Phi) is 6.33. The second-order valence-corrected chi connectivity index (χ2v) is 5.91. The van der Waals surface area contributed by atoms with Gasteiger partial charge >= 0.3 is 0 Å². The molecule has 0 unspecified atom stereocenters. The standard InChI is InChI=1S/C15H24BrNO/c1-4-15(5-2,11-18)10-17-9-13-6-7-14(16)12(3)8-13/h6-8,17-18H,4-5,9-11H2,1-3H3. The number of rotatable bonds is 7. The van der Waals surface area contributed by atoms with Crippen molar-refractivity contribution in [1.29, 1.82) is 0 Å². The van der Waals surface area contributed by atoms with Gasteiger partial charge in [0.1, 0.15) is 0 Å². The molecule has 2 N–H and O–H groups in total. The molecule has 1 aromatic rings. The molecule has 3 heteroatoms. The molecule has 18 heavy (non-hydrogen) atoms. The van der Waals surface area contributed by atoms with Crippen molar-refractivity contribution < 1.29 is 5.11 Å². The number of aliphatic hydroxyl groups is 1. The molecule has 0 heterocycles. The van der Waals surface area contributed by atoms with E-state index in [-0.39, 0.29) is 12.0 Å². The second-order valence-electron chi connectivity index (χ2n) is 5.05. The number of hydrogen-bond acceptors (Lipinski definition) is 2. The van der Waals surface area contributed by atoms with Gasteiger partial charge in [-0.2, -0.15) is 0 Å². The van der Waals surface area contributed by atoms with E-state index in [1.807, 2.05) is 0 Å². The Morgan fingerprint density at radius 1 is 1.28 bits per heavy atom. The molecule has 0 atom stereocenters. The van der Waals surface area contributed by atoms with Crippen molar-refractivity contribution in [2.24, 2.45) is 5.41 Å². The minimum absolute atomic E-state index is 0.0322. The fourth-order valence-corrected chi connectivity index (χ4v) is 2.31. The molecule has 0 radical (unpaired) electrons. The van der Waals surface area contributed by atoms with Crippen molar-refractivity contribution in [2.75, 3.05) is 13.2 Å². The van der Waals surface area contributed by atoms with Crippen LogP contribution in [0.1, 0.15) is 37.8 Å². The zero-order chi connectivity index (χ0) is 13.6. The van der Waals surface area contributed by atoms with Gasteiger partial charge in [-0.25, -0.2) is 0 Å². The van der Waals surface area contributed by atoms with E-state index >= 15 is 0 Å². The summed E-state index contributed by atoms with van der Waals surface area (Å²) in [7, 11) is 0. The third-order valence-corrected chi connectivity index (χ3v) is 4.78. The molecule has 0 fully saturated rings. The van der Waals surface area contributed by atoms with E-state index in [1.165, 1.54) is 11.1 Å². The molecule has 0 aliphatic heterocycles. The number of nitrogens with one attached hydrogen (secondary N) is 1.